The van der Waals surface area contributed by atoms with Crippen LogP contribution in [0.5, 0.6) is 0 Å². The molecule has 2 aromatic carbocycles. The molecule has 3 nitrogen and oxygen atoms in total. The van der Waals surface area contributed by atoms with Gasteiger partial charge in [0.1, 0.15) is 0 Å². The highest BCUT2D eigenvalue weighted by Gasteiger charge is 2.46. The van der Waals surface area contributed by atoms with Gasteiger partial charge in [-0.2, -0.15) is 0 Å². The minimum Gasteiger partial charge on any atom is -0.358 e. The van der Waals surface area contributed by atoms with E-state index in [-0.39, 0.29) is 22.9 Å². The summed E-state index contributed by atoms with van der Waals surface area (Å²) in [6, 6.07) is 15.6. The van der Waals surface area contributed by atoms with Gasteiger partial charge in [-0.15, -0.1) is 0 Å². The van der Waals surface area contributed by atoms with Crippen LogP contribution in [0.15, 0.2) is 69.8 Å². The van der Waals surface area contributed by atoms with Crippen LogP contribution >= 0.6 is 15.9 Å². The van der Waals surface area contributed by atoms with Gasteiger partial charge >= 0.3 is 0 Å². The molecule has 3 aliphatic rings. The fourth-order valence-corrected chi connectivity index (χ4v) is 5.32. The lowest BCUT2D eigenvalue weighted by atomic mass is 9.68. The van der Waals surface area contributed by atoms with E-state index in [0.717, 1.165) is 39.0 Å². The van der Waals surface area contributed by atoms with Gasteiger partial charge in [-0.05, 0) is 23.5 Å². The van der Waals surface area contributed by atoms with E-state index < -0.39 is 0 Å². The van der Waals surface area contributed by atoms with Gasteiger partial charge in [-0.3, -0.25) is 9.59 Å². The molecule has 5 rings (SSSR count). The Kier molecular flexibility index (Phi) is 3.79. The maximum Gasteiger partial charge on any atom is 0.192 e. The van der Waals surface area contributed by atoms with Crippen LogP contribution in [0.1, 0.15) is 54.1 Å². The summed E-state index contributed by atoms with van der Waals surface area (Å²) in [4.78, 5) is 26.6. The standard InChI is InChI=1S/C24H20BrNO2/c1-24(2)11-17-20(18(27)12-24)19(15-9-5-6-10-16(15)25)21-22(26-17)13-7-3-4-8-14(13)23(21)28/h3-10,19,26H,11-12H2,1-2H3/t19-/m1/s1. The first-order valence-corrected chi connectivity index (χ1v) is 10.3. The first-order valence-electron chi connectivity index (χ1n) is 9.53. The summed E-state index contributed by atoms with van der Waals surface area (Å²) < 4.78 is 0.919. The van der Waals surface area contributed by atoms with E-state index in [4.69, 9.17) is 0 Å². The second kappa shape index (κ2) is 6.02. The molecule has 0 bridgehead atoms. The van der Waals surface area contributed by atoms with Crippen LogP contribution in [0.4, 0.5) is 0 Å². The number of benzene rings is 2. The Morgan fingerprint density at radius 2 is 1.61 bits per heavy atom. The van der Waals surface area contributed by atoms with Crippen molar-refractivity contribution in [1.82, 2.24) is 5.32 Å². The van der Waals surface area contributed by atoms with Gasteiger partial charge in [0.25, 0.3) is 0 Å². The summed E-state index contributed by atoms with van der Waals surface area (Å²) in [5.74, 6) is -0.192. The zero-order chi connectivity index (χ0) is 19.6. The van der Waals surface area contributed by atoms with Crippen molar-refractivity contribution < 1.29 is 9.59 Å². The van der Waals surface area contributed by atoms with Crippen LogP contribution in [0.2, 0.25) is 0 Å². The molecular weight excluding hydrogens is 414 g/mol. The van der Waals surface area contributed by atoms with E-state index in [1.165, 1.54) is 0 Å². The van der Waals surface area contributed by atoms with Crippen molar-refractivity contribution in [3.8, 4) is 0 Å². The molecule has 1 heterocycles. The lowest BCUT2D eigenvalue weighted by Gasteiger charge is -2.39. The summed E-state index contributed by atoms with van der Waals surface area (Å²) in [7, 11) is 0. The number of carbonyl (C=O) groups is 2. The summed E-state index contributed by atoms with van der Waals surface area (Å²) in [6.07, 6.45) is 1.29. The van der Waals surface area contributed by atoms with Gasteiger partial charge in [0.2, 0.25) is 0 Å². The number of nitrogens with one attached hydrogen (secondary N) is 1. The number of rotatable bonds is 1. The first kappa shape index (κ1) is 17.6. The first-order chi connectivity index (χ1) is 13.4. The number of hydrogen-bond acceptors (Lipinski definition) is 3. The van der Waals surface area contributed by atoms with E-state index in [9.17, 15) is 9.59 Å². The van der Waals surface area contributed by atoms with Gasteiger partial charge in [0, 0.05) is 44.8 Å². The molecule has 1 N–H and O–H groups in total. The largest absolute Gasteiger partial charge is 0.358 e. The van der Waals surface area contributed by atoms with Crippen molar-refractivity contribution in [3.05, 3.63) is 86.5 Å². The zero-order valence-electron chi connectivity index (χ0n) is 15.8. The molecule has 0 unspecified atom stereocenters. The lowest BCUT2D eigenvalue weighted by Crippen LogP contribution is -2.37. The van der Waals surface area contributed by atoms with Crippen molar-refractivity contribution in [2.24, 2.45) is 5.41 Å². The number of ketones is 2. The second-order valence-corrected chi connectivity index (χ2v) is 9.43. The fourth-order valence-electron chi connectivity index (χ4n) is 4.81. The second-order valence-electron chi connectivity index (χ2n) is 8.58. The van der Waals surface area contributed by atoms with Gasteiger partial charge < -0.3 is 5.32 Å². The molecular formula is C24H20BrNO2. The van der Waals surface area contributed by atoms with Crippen molar-refractivity contribution in [3.63, 3.8) is 0 Å². The summed E-state index contributed by atoms with van der Waals surface area (Å²) >= 11 is 3.65. The van der Waals surface area contributed by atoms with Crippen molar-refractivity contribution in [2.75, 3.05) is 0 Å². The summed E-state index contributed by atoms with van der Waals surface area (Å²) in [6.45, 7) is 4.25. The highest BCUT2D eigenvalue weighted by atomic mass is 79.9. The van der Waals surface area contributed by atoms with Crippen LogP contribution in [-0.2, 0) is 4.79 Å². The normalized spacial score (nSPS) is 22.6. The molecule has 1 aliphatic heterocycles. The zero-order valence-corrected chi connectivity index (χ0v) is 17.4. The number of halogens is 1. The van der Waals surface area contributed by atoms with Gasteiger partial charge in [0.15, 0.2) is 11.6 Å². The molecule has 28 heavy (non-hydrogen) atoms. The maximum absolute atomic E-state index is 13.4. The third-order valence-corrected chi connectivity index (χ3v) is 6.67. The van der Waals surface area contributed by atoms with Gasteiger partial charge in [-0.1, -0.05) is 72.2 Å². The van der Waals surface area contributed by atoms with Crippen LogP contribution in [0, 0.1) is 5.41 Å². The molecule has 0 radical (unpaired) electrons. The lowest BCUT2D eigenvalue weighted by molar-refractivity contribution is -0.118. The summed E-state index contributed by atoms with van der Waals surface area (Å²) in [5.41, 5.74) is 5.80. The molecule has 0 amide bonds. The molecule has 0 saturated carbocycles. The number of Topliss-reactive ketones (excluding diaryl/α,β-unsaturated/α-hetero) is 2. The van der Waals surface area contributed by atoms with E-state index in [1.54, 1.807) is 0 Å². The molecule has 0 aromatic heterocycles. The molecule has 0 saturated heterocycles. The van der Waals surface area contributed by atoms with E-state index in [2.05, 4.69) is 35.1 Å². The van der Waals surface area contributed by atoms with Crippen LogP contribution in [0.3, 0.4) is 0 Å². The van der Waals surface area contributed by atoms with E-state index in [0.29, 0.717) is 17.6 Å². The number of carbonyl (C=O) groups excluding carboxylic acids is 2. The summed E-state index contributed by atoms with van der Waals surface area (Å²) in [5, 5.41) is 3.51. The van der Waals surface area contributed by atoms with Crippen LogP contribution in [-0.4, -0.2) is 11.6 Å². The molecule has 0 spiro atoms. The molecule has 0 fully saturated rings. The van der Waals surface area contributed by atoms with Crippen molar-refractivity contribution in [2.45, 2.75) is 32.6 Å². The number of fused-ring (bicyclic) bond motifs is 2. The molecule has 140 valence electrons. The number of allylic oxidation sites excluding steroid dienone is 3. The monoisotopic (exact) mass is 433 g/mol. The third kappa shape index (κ3) is 2.47. The average Bonchev–Trinajstić information content (AvgIpc) is 2.92. The Labute approximate surface area is 172 Å². The van der Waals surface area contributed by atoms with E-state index in [1.807, 2.05) is 48.5 Å². The van der Waals surface area contributed by atoms with Gasteiger partial charge in [-0.25, -0.2) is 0 Å². The Balaban J connectivity index is 1.78. The Morgan fingerprint density at radius 3 is 2.36 bits per heavy atom. The Bertz CT molecular complexity index is 1120. The third-order valence-electron chi connectivity index (χ3n) is 5.94. The molecule has 2 aliphatic carbocycles. The SMILES string of the molecule is CC1(C)CC(=O)C2=C(C1)NC1=C(C(=O)c3ccccc31)[C@@H]2c1ccccc1Br. The Hall–Kier alpha value is -2.46. The van der Waals surface area contributed by atoms with E-state index >= 15 is 0 Å². The topological polar surface area (TPSA) is 46.2 Å². The highest BCUT2D eigenvalue weighted by molar-refractivity contribution is 9.10. The fraction of sp³-hybridized carbons (Fsp3) is 0.250. The van der Waals surface area contributed by atoms with Crippen molar-refractivity contribution >= 4 is 33.2 Å². The predicted molar refractivity (Wildman–Crippen MR) is 113 cm³/mol. The average molecular weight is 434 g/mol. The molecule has 4 heteroatoms. The minimum atomic E-state index is -0.342. The predicted octanol–water partition coefficient (Wildman–Crippen LogP) is 5.39. The minimum absolute atomic E-state index is 0.0167. The van der Waals surface area contributed by atoms with Crippen molar-refractivity contribution in [1.29, 1.82) is 0 Å². The van der Waals surface area contributed by atoms with Crippen LogP contribution < -0.4 is 5.32 Å². The Morgan fingerprint density at radius 1 is 0.929 bits per heavy atom. The maximum atomic E-state index is 13.4. The highest BCUT2D eigenvalue weighted by Crippen LogP contribution is 2.52. The quantitative estimate of drug-likeness (QED) is 0.655. The molecule has 1 atom stereocenters. The number of dihydropyridines is 1. The van der Waals surface area contributed by atoms with Crippen LogP contribution in [0.25, 0.3) is 5.70 Å². The van der Waals surface area contributed by atoms with Gasteiger partial charge in [0.05, 0.1) is 5.70 Å². The number of hydrogen-bond donors (Lipinski definition) is 1. The smallest absolute Gasteiger partial charge is 0.192 e. The molecule has 2 aromatic rings.